The van der Waals surface area contributed by atoms with E-state index < -0.39 is 0 Å². The molecule has 38 heavy (non-hydrogen) atoms. The van der Waals surface area contributed by atoms with Gasteiger partial charge in [0.05, 0.1) is 0 Å². The van der Waals surface area contributed by atoms with Crippen molar-refractivity contribution < 1.29 is 0 Å². The summed E-state index contributed by atoms with van der Waals surface area (Å²) in [6.45, 7) is 22.7. The van der Waals surface area contributed by atoms with E-state index in [-0.39, 0.29) is 5.41 Å². The molecule has 0 heterocycles. The third kappa shape index (κ3) is 19.9. The van der Waals surface area contributed by atoms with Crippen molar-refractivity contribution in [2.75, 3.05) is 0 Å². The minimum Gasteiger partial charge on any atom is -0.305 e. The first-order chi connectivity index (χ1) is 18.1. The molecule has 1 aliphatic rings. The molecular formula is C37H55N. The van der Waals surface area contributed by atoms with E-state index in [1.54, 1.807) is 0 Å². The Labute approximate surface area is 236 Å². The predicted molar refractivity (Wildman–Crippen MR) is 176 cm³/mol. The summed E-state index contributed by atoms with van der Waals surface area (Å²) in [5, 5.41) is 7.79. The Hall–Kier alpha value is -3.19. The first-order valence-corrected chi connectivity index (χ1v) is 14.1. The second kappa shape index (κ2) is 23.0. The van der Waals surface area contributed by atoms with Crippen molar-refractivity contribution in [3.63, 3.8) is 0 Å². The number of rotatable bonds is 1. The van der Waals surface area contributed by atoms with Gasteiger partial charge in [-0.25, -0.2) is 0 Å². The maximum atomic E-state index is 7.79. The molecule has 0 saturated heterocycles. The minimum absolute atomic E-state index is 0.0528. The van der Waals surface area contributed by atoms with E-state index in [1.807, 2.05) is 45.9 Å². The number of hydrogen-bond donors (Lipinski definition) is 1. The largest absolute Gasteiger partial charge is 0.305 e. The van der Waals surface area contributed by atoms with Gasteiger partial charge in [0.15, 0.2) is 0 Å². The van der Waals surface area contributed by atoms with Crippen LogP contribution in [0.4, 0.5) is 0 Å². The second-order valence-corrected chi connectivity index (χ2v) is 9.32. The maximum Gasteiger partial charge on any atom is 0.0351 e. The highest BCUT2D eigenvalue weighted by Gasteiger charge is 2.14. The Balaban J connectivity index is 0. The van der Waals surface area contributed by atoms with Crippen LogP contribution in [0.1, 0.15) is 83.6 Å². The van der Waals surface area contributed by atoms with Crippen LogP contribution < -0.4 is 0 Å². The molecule has 1 unspecified atom stereocenters. The summed E-state index contributed by atoms with van der Waals surface area (Å²) in [6.07, 6.45) is 20.5. The Kier molecular flexibility index (Phi) is 22.3. The highest BCUT2D eigenvalue weighted by Crippen LogP contribution is 2.26. The molecule has 1 heteroatoms. The molecule has 1 N–H and O–H groups in total. The van der Waals surface area contributed by atoms with Gasteiger partial charge in [0.2, 0.25) is 0 Å². The molecule has 3 rings (SSSR count). The van der Waals surface area contributed by atoms with Gasteiger partial charge in [-0.1, -0.05) is 160 Å². The van der Waals surface area contributed by atoms with E-state index in [2.05, 4.69) is 133 Å². The zero-order chi connectivity index (χ0) is 29.4. The van der Waals surface area contributed by atoms with Gasteiger partial charge in [-0.2, -0.15) is 0 Å². The molecule has 0 aromatic heterocycles. The monoisotopic (exact) mass is 513 g/mol. The summed E-state index contributed by atoms with van der Waals surface area (Å²) in [5.74, 6) is 0. The van der Waals surface area contributed by atoms with Gasteiger partial charge in [-0.05, 0) is 54.0 Å². The van der Waals surface area contributed by atoms with Gasteiger partial charge >= 0.3 is 0 Å². The number of allylic oxidation sites excluding steroid dienone is 10. The smallest absolute Gasteiger partial charge is 0.0351 e. The van der Waals surface area contributed by atoms with Gasteiger partial charge in [0, 0.05) is 17.5 Å². The molecule has 2 aromatic rings. The van der Waals surface area contributed by atoms with Crippen molar-refractivity contribution >= 4 is 5.71 Å². The van der Waals surface area contributed by atoms with E-state index in [0.29, 0.717) is 12.1 Å². The van der Waals surface area contributed by atoms with Crippen molar-refractivity contribution in [1.29, 1.82) is 5.41 Å². The molecule has 0 radical (unpaired) electrons. The fourth-order valence-electron chi connectivity index (χ4n) is 3.20. The Bertz CT molecular complexity index is 926. The molecule has 0 fully saturated rings. The van der Waals surface area contributed by atoms with Gasteiger partial charge in [0.1, 0.15) is 0 Å². The van der Waals surface area contributed by atoms with Crippen LogP contribution in [-0.4, -0.2) is 5.71 Å². The normalized spacial score (nSPS) is 20.4. The summed E-state index contributed by atoms with van der Waals surface area (Å²) >= 11 is 0. The molecular weight excluding hydrogens is 458 g/mol. The molecule has 0 amide bonds. The van der Waals surface area contributed by atoms with E-state index >= 15 is 0 Å². The zero-order valence-corrected chi connectivity index (χ0v) is 26.2. The number of benzene rings is 2. The van der Waals surface area contributed by atoms with Gasteiger partial charge < -0.3 is 5.41 Å². The Morgan fingerprint density at radius 3 is 1.50 bits per heavy atom. The van der Waals surface area contributed by atoms with E-state index in [1.165, 1.54) is 27.8 Å². The highest BCUT2D eigenvalue weighted by atomic mass is 14.4. The lowest BCUT2D eigenvalue weighted by Gasteiger charge is -2.19. The van der Waals surface area contributed by atoms with Crippen molar-refractivity contribution in [2.24, 2.45) is 5.41 Å². The molecule has 2 aromatic carbocycles. The van der Waals surface area contributed by atoms with Crippen molar-refractivity contribution in [1.82, 2.24) is 0 Å². The standard InChI is InChI=1S/C17H23N.2C8H10.2C2H6/c1-4-12-17(3)13-6-5-9-16(18)11-10-15(2)8-7-14-17;2*1-7-3-5-8(2)6-4-7;2*1-2/h4-10,12-13,18H,11,14H2,1-3H3;2*3-6H,1-2H3;2*1-2H3/b8-7-,9-5-,12-4?,13-6-,15-10-,18-16?;;;;. The van der Waals surface area contributed by atoms with Crippen LogP contribution in [0.15, 0.2) is 109 Å². The average molecular weight is 514 g/mol. The maximum absolute atomic E-state index is 7.79. The molecule has 0 spiro atoms. The number of aryl methyl sites for hydroxylation is 4. The average Bonchev–Trinajstić information content (AvgIpc) is 2.91. The predicted octanol–water partition coefficient (Wildman–Crippen LogP) is 11.7. The van der Waals surface area contributed by atoms with Crippen LogP contribution >= 0.6 is 0 Å². The molecule has 1 aliphatic carbocycles. The fraction of sp³-hybridized carbons (Fsp3) is 0.378. The SMILES string of the molecule is CC.CC.CC=CC1(C)/C=C\C=C/C(=N)C/C=C(C)\C=C/C1.Cc1ccc(C)cc1.Cc1ccc(C)cc1. The number of hydrogen-bond acceptors (Lipinski definition) is 1. The lowest BCUT2D eigenvalue weighted by Crippen LogP contribution is -2.07. The van der Waals surface area contributed by atoms with Crippen molar-refractivity contribution in [2.45, 2.75) is 89.0 Å². The van der Waals surface area contributed by atoms with Crippen LogP contribution in [0, 0.1) is 38.5 Å². The lowest BCUT2D eigenvalue weighted by atomic mass is 9.85. The van der Waals surface area contributed by atoms with E-state index in [4.69, 9.17) is 5.41 Å². The molecule has 1 nitrogen and oxygen atoms in total. The first-order valence-electron chi connectivity index (χ1n) is 14.1. The minimum atomic E-state index is 0.0528. The molecule has 208 valence electrons. The van der Waals surface area contributed by atoms with Gasteiger partial charge in [-0.15, -0.1) is 0 Å². The third-order valence-corrected chi connectivity index (χ3v) is 5.45. The van der Waals surface area contributed by atoms with Crippen LogP contribution in [0.2, 0.25) is 0 Å². The lowest BCUT2D eigenvalue weighted by molar-refractivity contribution is 0.561. The molecule has 0 bridgehead atoms. The van der Waals surface area contributed by atoms with Crippen LogP contribution in [0.25, 0.3) is 0 Å². The molecule has 0 saturated carbocycles. The quantitative estimate of drug-likeness (QED) is 0.367. The van der Waals surface area contributed by atoms with Crippen LogP contribution in [0.3, 0.4) is 0 Å². The van der Waals surface area contributed by atoms with Crippen molar-refractivity contribution in [3.8, 4) is 0 Å². The van der Waals surface area contributed by atoms with Gasteiger partial charge in [-0.3, -0.25) is 0 Å². The highest BCUT2D eigenvalue weighted by molar-refractivity contribution is 5.93. The summed E-state index contributed by atoms with van der Waals surface area (Å²) < 4.78 is 0. The fourth-order valence-corrected chi connectivity index (χ4v) is 3.20. The summed E-state index contributed by atoms with van der Waals surface area (Å²) in [5.41, 5.74) is 7.23. The summed E-state index contributed by atoms with van der Waals surface area (Å²) in [4.78, 5) is 0. The van der Waals surface area contributed by atoms with Crippen molar-refractivity contribution in [3.05, 3.63) is 131 Å². The first kappa shape index (κ1) is 37.0. The molecule has 0 aliphatic heterocycles. The van der Waals surface area contributed by atoms with Crippen LogP contribution in [-0.2, 0) is 0 Å². The second-order valence-electron chi connectivity index (χ2n) is 9.32. The van der Waals surface area contributed by atoms with E-state index in [9.17, 15) is 0 Å². The zero-order valence-electron chi connectivity index (χ0n) is 26.2. The van der Waals surface area contributed by atoms with Crippen LogP contribution in [0.5, 0.6) is 0 Å². The summed E-state index contributed by atoms with van der Waals surface area (Å²) in [6, 6.07) is 17.0. The third-order valence-electron chi connectivity index (χ3n) is 5.45. The van der Waals surface area contributed by atoms with E-state index in [0.717, 1.165) is 6.42 Å². The topological polar surface area (TPSA) is 23.9 Å². The van der Waals surface area contributed by atoms with Gasteiger partial charge in [0.25, 0.3) is 0 Å². The Morgan fingerprint density at radius 1 is 0.684 bits per heavy atom. The molecule has 1 atom stereocenters. The number of nitrogens with one attached hydrogen (secondary N) is 1. The Morgan fingerprint density at radius 2 is 1.11 bits per heavy atom. The summed E-state index contributed by atoms with van der Waals surface area (Å²) in [7, 11) is 0.